The van der Waals surface area contributed by atoms with Gasteiger partial charge in [-0.05, 0) is 42.8 Å². The summed E-state index contributed by atoms with van der Waals surface area (Å²) in [6.45, 7) is 1.73. The molecule has 8 heteroatoms. The summed E-state index contributed by atoms with van der Waals surface area (Å²) in [4.78, 5) is 11.8. The molecule has 122 valence electrons. The van der Waals surface area contributed by atoms with Crippen molar-refractivity contribution in [1.29, 1.82) is 0 Å². The number of hydrogen-bond donors (Lipinski definition) is 2. The summed E-state index contributed by atoms with van der Waals surface area (Å²) < 4.78 is 27.3. The fraction of sp³-hybridized carbons (Fsp3) is 0.133. The van der Waals surface area contributed by atoms with Crippen molar-refractivity contribution >= 4 is 44.8 Å². The van der Waals surface area contributed by atoms with Crippen LogP contribution in [0, 0.1) is 6.92 Å². The predicted molar refractivity (Wildman–Crippen MR) is 91.8 cm³/mol. The van der Waals surface area contributed by atoms with Crippen LogP contribution in [0.3, 0.4) is 0 Å². The lowest BCUT2D eigenvalue weighted by Gasteiger charge is -2.11. The maximum Gasteiger partial charge on any atom is 0.261 e. The van der Waals surface area contributed by atoms with Crippen LogP contribution in [0.1, 0.15) is 15.9 Å². The Morgan fingerprint density at radius 1 is 1.04 bits per heavy atom. The van der Waals surface area contributed by atoms with Crippen molar-refractivity contribution in [3.63, 3.8) is 0 Å². The van der Waals surface area contributed by atoms with Crippen LogP contribution in [0.5, 0.6) is 0 Å². The van der Waals surface area contributed by atoms with E-state index in [9.17, 15) is 13.2 Å². The Labute approximate surface area is 144 Å². The Morgan fingerprint density at radius 3 is 2.22 bits per heavy atom. The lowest BCUT2D eigenvalue weighted by Crippen LogP contribution is -2.20. The molecule has 0 unspecified atom stereocenters. The zero-order valence-corrected chi connectivity index (χ0v) is 14.7. The molecule has 5 nitrogen and oxygen atoms in total. The molecule has 1 amide bonds. The molecular weight excluding hydrogens is 359 g/mol. The Kier molecular flexibility index (Phi) is 5.19. The highest BCUT2D eigenvalue weighted by Gasteiger charge is 2.18. The first kappa shape index (κ1) is 17.6. The first-order valence-electron chi connectivity index (χ1n) is 6.54. The standard InChI is InChI=1S/C15H14Cl2N2O3S/c1-9-3-4-13(8-14(9)15(20)18-2)23(21,22)19-12-6-10(16)5-11(17)7-12/h3-8,19H,1-2H3,(H,18,20). The number of nitrogens with one attached hydrogen (secondary N) is 2. The minimum atomic E-state index is -3.88. The van der Waals surface area contributed by atoms with Crippen LogP contribution in [0.2, 0.25) is 10.0 Å². The van der Waals surface area contributed by atoms with Crippen LogP contribution in [-0.2, 0) is 10.0 Å². The van der Waals surface area contributed by atoms with Gasteiger partial charge in [0.25, 0.3) is 15.9 Å². The SMILES string of the molecule is CNC(=O)c1cc(S(=O)(=O)Nc2cc(Cl)cc(Cl)c2)ccc1C. The monoisotopic (exact) mass is 372 g/mol. The zero-order valence-electron chi connectivity index (χ0n) is 12.4. The number of rotatable bonds is 4. The molecule has 0 heterocycles. The number of aryl methyl sites for hydroxylation is 1. The van der Waals surface area contributed by atoms with E-state index in [4.69, 9.17) is 23.2 Å². The van der Waals surface area contributed by atoms with Gasteiger partial charge in [-0.1, -0.05) is 29.3 Å². The van der Waals surface area contributed by atoms with E-state index >= 15 is 0 Å². The number of sulfonamides is 1. The van der Waals surface area contributed by atoms with Gasteiger partial charge in [0.2, 0.25) is 0 Å². The Morgan fingerprint density at radius 2 is 1.65 bits per heavy atom. The van der Waals surface area contributed by atoms with Crippen molar-refractivity contribution in [2.45, 2.75) is 11.8 Å². The van der Waals surface area contributed by atoms with E-state index < -0.39 is 10.0 Å². The molecule has 2 N–H and O–H groups in total. The molecule has 0 aliphatic rings. The van der Waals surface area contributed by atoms with Gasteiger partial charge < -0.3 is 5.32 Å². The number of hydrogen-bond acceptors (Lipinski definition) is 3. The first-order valence-corrected chi connectivity index (χ1v) is 8.78. The minimum Gasteiger partial charge on any atom is -0.355 e. The molecule has 23 heavy (non-hydrogen) atoms. The van der Waals surface area contributed by atoms with E-state index in [1.165, 1.54) is 37.4 Å². The van der Waals surface area contributed by atoms with E-state index in [0.717, 1.165) is 0 Å². The third-order valence-corrected chi connectivity index (χ3v) is 4.92. The molecule has 0 saturated carbocycles. The molecule has 2 aromatic carbocycles. The van der Waals surface area contributed by atoms with Gasteiger partial charge >= 0.3 is 0 Å². The molecule has 0 fully saturated rings. The molecule has 0 spiro atoms. The quantitative estimate of drug-likeness (QED) is 0.862. The van der Waals surface area contributed by atoms with E-state index in [0.29, 0.717) is 21.2 Å². The second-order valence-electron chi connectivity index (χ2n) is 4.82. The second-order valence-corrected chi connectivity index (χ2v) is 7.37. The molecule has 0 bridgehead atoms. The van der Waals surface area contributed by atoms with E-state index in [1.807, 2.05) is 0 Å². The molecule has 2 rings (SSSR count). The van der Waals surface area contributed by atoms with Gasteiger partial charge in [0.05, 0.1) is 10.6 Å². The third kappa shape index (κ3) is 4.16. The highest BCUT2D eigenvalue weighted by Crippen LogP contribution is 2.25. The van der Waals surface area contributed by atoms with Crippen molar-refractivity contribution in [3.05, 3.63) is 57.6 Å². The highest BCUT2D eigenvalue weighted by atomic mass is 35.5. The average molecular weight is 373 g/mol. The Bertz CT molecular complexity index is 847. The number of carbonyl (C=O) groups is 1. The molecule has 0 aliphatic carbocycles. The highest BCUT2D eigenvalue weighted by molar-refractivity contribution is 7.92. The van der Waals surface area contributed by atoms with Gasteiger partial charge in [-0.15, -0.1) is 0 Å². The smallest absolute Gasteiger partial charge is 0.261 e. The number of halogens is 2. The summed E-state index contributed by atoms with van der Waals surface area (Å²) in [7, 11) is -2.39. The summed E-state index contributed by atoms with van der Waals surface area (Å²) >= 11 is 11.7. The first-order chi connectivity index (χ1) is 10.7. The van der Waals surface area contributed by atoms with Crippen LogP contribution in [-0.4, -0.2) is 21.4 Å². The van der Waals surface area contributed by atoms with Gasteiger partial charge in [0, 0.05) is 22.7 Å². The van der Waals surface area contributed by atoms with Gasteiger partial charge in [-0.3, -0.25) is 9.52 Å². The summed E-state index contributed by atoms with van der Waals surface area (Å²) in [6, 6.07) is 8.71. The van der Waals surface area contributed by atoms with E-state index in [1.54, 1.807) is 13.0 Å². The van der Waals surface area contributed by atoms with Crippen molar-refractivity contribution in [3.8, 4) is 0 Å². The van der Waals surface area contributed by atoms with E-state index in [-0.39, 0.29) is 16.5 Å². The lowest BCUT2D eigenvalue weighted by molar-refractivity contribution is 0.0962. The summed E-state index contributed by atoms with van der Waals surface area (Å²) in [6.07, 6.45) is 0. The normalized spacial score (nSPS) is 11.1. The summed E-state index contributed by atoms with van der Waals surface area (Å²) in [5.74, 6) is -0.356. The number of amides is 1. The van der Waals surface area contributed by atoms with Crippen LogP contribution >= 0.6 is 23.2 Å². The molecule has 0 radical (unpaired) electrons. The maximum absolute atomic E-state index is 12.5. The summed E-state index contributed by atoms with van der Waals surface area (Å²) in [5, 5.41) is 3.10. The second kappa shape index (κ2) is 6.78. The Balaban J connectivity index is 2.41. The number of carbonyl (C=O) groups excluding carboxylic acids is 1. The topological polar surface area (TPSA) is 75.3 Å². The van der Waals surface area contributed by atoms with Gasteiger partial charge in [0.1, 0.15) is 0 Å². The maximum atomic E-state index is 12.5. The minimum absolute atomic E-state index is 0.0298. The van der Waals surface area contributed by atoms with Crippen LogP contribution in [0.25, 0.3) is 0 Å². The van der Waals surface area contributed by atoms with Gasteiger partial charge in [0.15, 0.2) is 0 Å². The molecule has 2 aromatic rings. The third-order valence-electron chi connectivity index (χ3n) is 3.11. The molecule has 0 saturated heterocycles. The van der Waals surface area contributed by atoms with Crippen molar-refractivity contribution in [1.82, 2.24) is 5.32 Å². The number of benzene rings is 2. The van der Waals surface area contributed by atoms with E-state index in [2.05, 4.69) is 10.0 Å². The molecular formula is C15H14Cl2N2O3S. The predicted octanol–water partition coefficient (Wildman–Crippen LogP) is 3.46. The van der Waals surface area contributed by atoms with Crippen LogP contribution in [0.15, 0.2) is 41.3 Å². The van der Waals surface area contributed by atoms with Crippen molar-refractivity contribution in [2.75, 3.05) is 11.8 Å². The fourth-order valence-corrected chi connectivity index (χ4v) is 3.57. The lowest BCUT2D eigenvalue weighted by atomic mass is 10.1. The summed E-state index contributed by atoms with van der Waals surface area (Å²) in [5.41, 5.74) is 1.21. The van der Waals surface area contributed by atoms with Gasteiger partial charge in [-0.2, -0.15) is 0 Å². The molecule has 0 aromatic heterocycles. The Hall–Kier alpha value is -1.76. The van der Waals surface area contributed by atoms with Crippen LogP contribution in [0.4, 0.5) is 5.69 Å². The zero-order chi connectivity index (χ0) is 17.2. The van der Waals surface area contributed by atoms with Crippen molar-refractivity contribution < 1.29 is 13.2 Å². The van der Waals surface area contributed by atoms with Crippen molar-refractivity contribution in [2.24, 2.45) is 0 Å². The average Bonchev–Trinajstić information content (AvgIpc) is 2.45. The molecule has 0 atom stereocenters. The fourth-order valence-electron chi connectivity index (χ4n) is 1.97. The molecule has 0 aliphatic heterocycles. The van der Waals surface area contributed by atoms with Crippen LogP contribution < -0.4 is 10.0 Å². The largest absolute Gasteiger partial charge is 0.355 e. The van der Waals surface area contributed by atoms with Gasteiger partial charge in [-0.25, -0.2) is 8.42 Å². The number of anilines is 1.